The van der Waals surface area contributed by atoms with Crippen LogP contribution in [0.15, 0.2) is 180 Å². The molecule has 0 saturated carbocycles. The average molecular weight is 652 g/mol. The predicted octanol–water partition coefficient (Wildman–Crippen LogP) is 12.4. The van der Waals surface area contributed by atoms with Gasteiger partial charge in [0.1, 0.15) is 11.2 Å². The number of rotatable bonds is 5. The van der Waals surface area contributed by atoms with Crippen LogP contribution in [0.3, 0.4) is 0 Å². The molecule has 0 aliphatic heterocycles. The van der Waals surface area contributed by atoms with Gasteiger partial charge in [-0.05, 0) is 62.7 Å². The Labute approximate surface area is 294 Å². The molecule has 0 spiro atoms. The quantitative estimate of drug-likeness (QED) is 0.174. The van der Waals surface area contributed by atoms with Crippen molar-refractivity contribution in [2.45, 2.75) is 0 Å². The number of hydrogen-bond donors (Lipinski definition) is 0. The molecule has 10 aromatic rings. The number of para-hydroxylation sites is 1. The first-order valence-corrected chi connectivity index (χ1v) is 17.1. The van der Waals surface area contributed by atoms with Gasteiger partial charge in [0.25, 0.3) is 0 Å². The van der Waals surface area contributed by atoms with E-state index in [1.807, 2.05) is 72.8 Å². The Hall–Kier alpha value is -6.91. The molecule has 0 unspecified atom stereocenters. The van der Waals surface area contributed by atoms with Crippen molar-refractivity contribution in [1.29, 1.82) is 0 Å². The summed E-state index contributed by atoms with van der Waals surface area (Å²) in [5.74, 6) is 1.94. The van der Waals surface area contributed by atoms with Gasteiger partial charge in [-0.3, -0.25) is 0 Å². The highest BCUT2D eigenvalue weighted by Gasteiger charge is 2.18. The molecule has 0 atom stereocenters. The third-order valence-corrected chi connectivity index (χ3v) is 9.73. The van der Waals surface area contributed by atoms with Gasteiger partial charge >= 0.3 is 0 Å². The molecule has 4 nitrogen and oxygen atoms in total. The molecular weight excluding hydrogens is 623 g/mol. The van der Waals surface area contributed by atoms with E-state index >= 15 is 0 Å². The Morgan fingerprint density at radius 1 is 0.314 bits per heavy atom. The summed E-state index contributed by atoms with van der Waals surface area (Å²) in [6.45, 7) is 0. The topological polar surface area (TPSA) is 51.8 Å². The van der Waals surface area contributed by atoms with Gasteiger partial charge in [0, 0.05) is 32.8 Å². The summed E-state index contributed by atoms with van der Waals surface area (Å²) >= 11 is 0. The molecule has 51 heavy (non-hydrogen) atoms. The first kappa shape index (κ1) is 29.0. The highest BCUT2D eigenvalue weighted by Crippen LogP contribution is 2.44. The molecule has 4 heteroatoms. The van der Waals surface area contributed by atoms with Crippen LogP contribution in [-0.4, -0.2) is 15.0 Å². The van der Waals surface area contributed by atoms with Gasteiger partial charge in [0.2, 0.25) is 0 Å². The Morgan fingerprint density at radius 2 is 0.843 bits per heavy atom. The third-order valence-electron chi connectivity index (χ3n) is 9.73. The zero-order chi connectivity index (χ0) is 33.7. The molecule has 10 rings (SSSR count). The van der Waals surface area contributed by atoms with Crippen molar-refractivity contribution in [2.75, 3.05) is 0 Å². The van der Waals surface area contributed by atoms with Crippen molar-refractivity contribution >= 4 is 43.5 Å². The highest BCUT2D eigenvalue weighted by atomic mass is 16.3. The standard InChI is InChI=1S/C47H29N3O/c1-3-13-31(14-4-1)45-48-46(32-15-5-2-6-16-32)50-47(49-45)33-25-23-30(24-26-33)35-18-9-10-20-37(35)40-29-34-17-7-8-19-36(34)43-38(40)27-28-42-44(43)39-21-11-12-22-41(39)51-42/h1-29H. The third kappa shape index (κ3) is 4.96. The lowest BCUT2D eigenvalue weighted by atomic mass is 9.87. The van der Waals surface area contributed by atoms with Gasteiger partial charge in [0.15, 0.2) is 17.5 Å². The lowest BCUT2D eigenvalue weighted by Gasteiger charge is -2.16. The lowest BCUT2D eigenvalue weighted by Crippen LogP contribution is -2.00. The number of nitrogens with zero attached hydrogens (tertiary/aromatic N) is 3. The molecule has 2 heterocycles. The molecule has 0 saturated heterocycles. The molecule has 0 aliphatic carbocycles. The van der Waals surface area contributed by atoms with E-state index in [1.54, 1.807) is 0 Å². The molecular formula is C47H29N3O. The fourth-order valence-electron chi connectivity index (χ4n) is 7.33. The van der Waals surface area contributed by atoms with Crippen LogP contribution in [0.5, 0.6) is 0 Å². The summed E-state index contributed by atoms with van der Waals surface area (Å²) in [4.78, 5) is 14.7. The maximum atomic E-state index is 6.35. The predicted molar refractivity (Wildman–Crippen MR) is 209 cm³/mol. The minimum atomic E-state index is 0.638. The fourth-order valence-corrected chi connectivity index (χ4v) is 7.33. The van der Waals surface area contributed by atoms with Crippen molar-refractivity contribution in [3.05, 3.63) is 176 Å². The second kappa shape index (κ2) is 11.9. The van der Waals surface area contributed by atoms with Crippen molar-refractivity contribution in [3.63, 3.8) is 0 Å². The Balaban J connectivity index is 1.13. The summed E-state index contributed by atoms with van der Waals surface area (Å²) in [5, 5.41) is 7.12. The van der Waals surface area contributed by atoms with E-state index in [0.29, 0.717) is 17.5 Å². The maximum absolute atomic E-state index is 6.35. The molecule has 238 valence electrons. The maximum Gasteiger partial charge on any atom is 0.164 e. The molecule has 0 N–H and O–H groups in total. The van der Waals surface area contributed by atoms with Crippen LogP contribution in [0, 0.1) is 0 Å². The van der Waals surface area contributed by atoms with Gasteiger partial charge in [-0.1, -0.05) is 152 Å². The molecule has 0 aliphatic rings. The molecule has 0 amide bonds. The van der Waals surface area contributed by atoms with E-state index in [4.69, 9.17) is 19.4 Å². The summed E-state index contributed by atoms with van der Waals surface area (Å²) in [6, 6.07) is 61.1. The largest absolute Gasteiger partial charge is 0.456 e. The lowest BCUT2D eigenvalue weighted by molar-refractivity contribution is 0.669. The molecule has 0 fully saturated rings. The van der Waals surface area contributed by atoms with Crippen LogP contribution in [0.2, 0.25) is 0 Å². The van der Waals surface area contributed by atoms with Crippen LogP contribution in [0.4, 0.5) is 0 Å². The summed E-state index contributed by atoms with van der Waals surface area (Å²) in [6.07, 6.45) is 0. The van der Waals surface area contributed by atoms with Gasteiger partial charge < -0.3 is 4.42 Å². The van der Waals surface area contributed by atoms with Crippen LogP contribution >= 0.6 is 0 Å². The Morgan fingerprint density at radius 3 is 1.53 bits per heavy atom. The minimum Gasteiger partial charge on any atom is -0.456 e. The van der Waals surface area contributed by atoms with Crippen molar-refractivity contribution in [2.24, 2.45) is 0 Å². The fraction of sp³-hybridized carbons (Fsp3) is 0. The monoisotopic (exact) mass is 651 g/mol. The van der Waals surface area contributed by atoms with E-state index in [2.05, 4.69) is 103 Å². The Kier molecular flexibility index (Phi) is 6.78. The number of benzene rings is 8. The van der Waals surface area contributed by atoms with E-state index in [-0.39, 0.29) is 0 Å². The van der Waals surface area contributed by atoms with Crippen molar-refractivity contribution in [1.82, 2.24) is 15.0 Å². The smallest absolute Gasteiger partial charge is 0.164 e. The number of aromatic nitrogens is 3. The Bertz CT molecular complexity index is 2840. The average Bonchev–Trinajstić information content (AvgIpc) is 3.60. The number of hydrogen-bond acceptors (Lipinski definition) is 4. The van der Waals surface area contributed by atoms with Gasteiger partial charge in [-0.2, -0.15) is 0 Å². The summed E-state index contributed by atoms with van der Waals surface area (Å²) in [7, 11) is 0. The van der Waals surface area contributed by atoms with Crippen LogP contribution in [0.25, 0.3) is 99.9 Å². The van der Waals surface area contributed by atoms with Crippen molar-refractivity contribution in [3.8, 4) is 56.4 Å². The molecule has 0 bridgehead atoms. The first-order valence-electron chi connectivity index (χ1n) is 17.1. The number of fused-ring (bicyclic) bond motifs is 7. The highest BCUT2D eigenvalue weighted by molar-refractivity contribution is 6.29. The number of furan rings is 1. The molecule has 8 aromatic carbocycles. The van der Waals surface area contributed by atoms with E-state index in [9.17, 15) is 0 Å². The van der Waals surface area contributed by atoms with E-state index < -0.39 is 0 Å². The summed E-state index contributed by atoms with van der Waals surface area (Å²) in [5.41, 5.74) is 9.27. The van der Waals surface area contributed by atoms with Crippen LogP contribution < -0.4 is 0 Å². The van der Waals surface area contributed by atoms with Gasteiger partial charge in [-0.15, -0.1) is 0 Å². The zero-order valence-corrected chi connectivity index (χ0v) is 27.5. The van der Waals surface area contributed by atoms with Crippen LogP contribution in [-0.2, 0) is 0 Å². The second-order valence-corrected chi connectivity index (χ2v) is 12.8. The summed E-state index contributed by atoms with van der Waals surface area (Å²) < 4.78 is 6.35. The van der Waals surface area contributed by atoms with Gasteiger partial charge in [-0.25, -0.2) is 15.0 Å². The molecule has 0 radical (unpaired) electrons. The first-order chi connectivity index (χ1) is 25.3. The van der Waals surface area contributed by atoms with E-state index in [0.717, 1.165) is 49.8 Å². The normalized spacial score (nSPS) is 11.5. The second-order valence-electron chi connectivity index (χ2n) is 12.8. The van der Waals surface area contributed by atoms with Crippen LogP contribution in [0.1, 0.15) is 0 Å². The zero-order valence-electron chi connectivity index (χ0n) is 27.5. The van der Waals surface area contributed by atoms with Crippen molar-refractivity contribution < 1.29 is 4.42 Å². The van der Waals surface area contributed by atoms with E-state index in [1.165, 1.54) is 32.7 Å². The molecule has 2 aromatic heterocycles. The van der Waals surface area contributed by atoms with Gasteiger partial charge in [0.05, 0.1) is 0 Å². The SMILES string of the molecule is c1ccc(-c2nc(-c3ccccc3)nc(-c3ccc(-c4ccccc4-c4cc5ccccc5c5c4ccc4oc6ccccc6c45)cc3)n2)cc1. The minimum absolute atomic E-state index is 0.638.